The highest BCUT2D eigenvalue weighted by atomic mass is 35.5. The SMILES string of the molecule is COC1CNC(=O)N(c2ccccc2Cl)C(=O)C1. The van der Waals surface area contributed by atoms with Crippen LogP contribution in [0.25, 0.3) is 0 Å². The van der Waals surface area contributed by atoms with Gasteiger partial charge in [0.1, 0.15) is 0 Å². The number of hydrogen-bond donors (Lipinski definition) is 1. The van der Waals surface area contributed by atoms with Crippen LogP contribution in [-0.2, 0) is 9.53 Å². The van der Waals surface area contributed by atoms with Gasteiger partial charge in [-0.05, 0) is 12.1 Å². The van der Waals surface area contributed by atoms with Crippen LogP contribution in [0.4, 0.5) is 10.5 Å². The Balaban J connectivity index is 2.34. The number of hydrogen-bond acceptors (Lipinski definition) is 3. The minimum atomic E-state index is -0.479. The highest BCUT2D eigenvalue weighted by Gasteiger charge is 2.31. The number of carbonyl (C=O) groups excluding carboxylic acids is 2. The van der Waals surface area contributed by atoms with Crippen LogP contribution in [0, 0.1) is 0 Å². The number of amides is 3. The van der Waals surface area contributed by atoms with Crippen molar-refractivity contribution in [2.24, 2.45) is 0 Å². The molecule has 0 saturated carbocycles. The number of halogens is 1. The van der Waals surface area contributed by atoms with E-state index in [0.29, 0.717) is 17.3 Å². The van der Waals surface area contributed by atoms with E-state index in [-0.39, 0.29) is 18.4 Å². The maximum absolute atomic E-state index is 12.1. The third-order valence-corrected chi connectivity index (χ3v) is 3.08. The summed E-state index contributed by atoms with van der Waals surface area (Å²) in [6.07, 6.45) is -0.172. The van der Waals surface area contributed by atoms with Crippen molar-refractivity contribution < 1.29 is 14.3 Å². The Labute approximate surface area is 110 Å². The lowest BCUT2D eigenvalue weighted by Crippen LogP contribution is -2.41. The Kier molecular flexibility index (Phi) is 3.84. The molecule has 2 rings (SSSR count). The molecule has 1 heterocycles. The van der Waals surface area contributed by atoms with Crippen molar-refractivity contribution in [1.82, 2.24) is 5.32 Å². The minimum absolute atomic E-state index is 0.139. The standard InChI is InChI=1S/C12H13ClN2O3/c1-18-8-6-11(16)15(12(17)14-7-8)10-5-3-2-4-9(10)13/h2-5,8H,6-7H2,1H3,(H,14,17). The first-order chi connectivity index (χ1) is 8.63. The molecule has 1 aliphatic rings. The van der Waals surface area contributed by atoms with Crippen LogP contribution in [0.5, 0.6) is 0 Å². The quantitative estimate of drug-likeness (QED) is 0.890. The van der Waals surface area contributed by atoms with E-state index in [9.17, 15) is 9.59 Å². The van der Waals surface area contributed by atoms with Gasteiger partial charge in [-0.1, -0.05) is 23.7 Å². The van der Waals surface area contributed by atoms with Crippen molar-refractivity contribution in [2.45, 2.75) is 12.5 Å². The molecular weight excluding hydrogens is 256 g/mol. The summed E-state index contributed by atoms with van der Waals surface area (Å²) in [4.78, 5) is 25.0. The van der Waals surface area contributed by atoms with Gasteiger partial charge in [0.05, 0.1) is 23.2 Å². The van der Waals surface area contributed by atoms with Gasteiger partial charge >= 0.3 is 6.03 Å². The van der Waals surface area contributed by atoms with Crippen molar-refractivity contribution >= 4 is 29.2 Å². The van der Waals surface area contributed by atoms with E-state index in [4.69, 9.17) is 16.3 Å². The maximum Gasteiger partial charge on any atom is 0.328 e. The lowest BCUT2D eigenvalue weighted by molar-refractivity contribution is -0.119. The smallest absolute Gasteiger partial charge is 0.328 e. The van der Waals surface area contributed by atoms with Gasteiger partial charge in [-0.3, -0.25) is 4.79 Å². The van der Waals surface area contributed by atoms with Gasteiger partial charge in [0, 0.05) is 13.7 Å². The van der Waals surface area contributed by atoms with Crippen LogP contribution in [0.2, 0.25) is 5.02 Å². The second kappa shape index (κ2) is 5.37. The fraction of sp³-hybridized carbons (Fsp3) is 0.333. The molecule has 1 fully saturated rings. The maximum atomic E-state index is 12.1. The Hall–Kier alpha value is -1.59. The van der Waals surface area contributed by atoms with Gasteiger partial charge < -0.3 is 10.1 Å². The van der Waals surface area contributed by atoms with Crippen molar-refractivity contribution in [3.8, 4) is 0 Å². The predicted octanol–water partition coefficient (Wildman–Crippen LogP) is 1.80. The number of nitrogens with zero attached hydrogens (tertiary/aromatic N) is 1. The molecule has 18 heavy (non-hydrogen) atoms. The minimum Gasteiger partial charge on any atom is -0.379 e. The molecule has 1 N–H and O–H groups in total. The van der Waals surface area contributed by atoms with Gasteiger partial charge in [-0.2, -0.15) is 0 Å². The van der Waals surface area contributed by atoms with E-state index < -0.39 is 6.03 Å². The van der Waals surface area contributed by atoms with Crippen LogP contribution < -0.4 is 10.2 Å². The Bertz CT molecular complexity index is 478. The molecule has 0 aromatic heterocycles. The average Bonchev–Trinajstić information content (AvgIpc) is 2.50. The monoisotopic (exact) mass is 268 g/mol. The summed E-state index contributed by atoms with van der Waals surface area (Å²) in [7, 11) is 1.51. The number of rotatable bonds is 2. The van der Waals surface area contributed by atoms with Crippen molar-refractivity contribution in [1.29, 1.82) is 0 Å². The molecule has 5 nitrogen and oxygen atoms in total. The number of para-hydroxylation sites is 1. The number of imide groups is 1. The number of benzene rings is 1. The van der Waals surface area contributed by atoms with Crippen LogP contribution in [0.15, 0.2) is 24.3 Å². The first kappa shape index (κ1) is 12.9. The molecule has 96 valence electrons. The van der Waals surface area contributed by atoms with E-state index >= 15 is 0 Å². The second-order valence-electron chi connectivity index (χ2n) is 3.93. The van der Waals surface area contributed by atoms with Crippen molar-refractivity contribution in [3.63, 3.8) is 0 Å². The molecule has 1 unspecified atom stereocenters. The first-order valence-electron chi connectivity index (χ1n) is 5.51. The van der Waals surface area contributed by atoms with Crippen LogP contribution in [0.3, 0.4) is 0 Å². The second-order valence-corrected chi connectivity index (χ2v) is 4.34. The van der Waals surface area contributed by atoms with Gasteiger partial charge in [-0.15, -0.1) is 0 Å². The lowest BCUT2D eigenvalue weighted by Gasteiger charge is -2.19. The van der Waals surface area contributed by atoms with Gasteiger partial charge in [0.2, 0.25) is 5.91 Å². The van der Waals surface area contributed by atoms with Crippen LogP contribution in [0.1, 0.15) is 6.42 Å². The lowest BCUT2D eigenvalue weighted by atomic mass is 10.2. The molecule has 6 heteroatoms. The summed E-state index contributed by atoms with van der Waals surface area (Å²) in [6.45, 7) is 0.308. The molecule has 1 saturated heterocycles. The molecule has 0 aliphatic carbocycles. The highest BCUT2D eigenvalue weighted by molar-refractivity contribution is 6.35. The first-order valence-corrected chi connectivity index (χ1v) is 5.89. The molecule has 1 aromatic rings. The Morgan fingerprint density at radius 1 is 1.39 bits per heavy atom. The fourth-order valence-corrected chi connectivity index (χ4v) is 2.02. The zero-order valence-corrected chi connectivity index (χ0v) is 10.6. The normalized spacial score (nSPS) is 20.6. The number of ether oxygens (including phenoxy) is 1. The molecule has 0 bridgehead atoms. The summed E-state index contributed by atoms with van der Waals surface area (Å²) >= 11 is 6.01. The third kappa shape index (κ3) is 2.47. The van der Waals surface area contributed by atoms with Crippen LogP contribution in [-0.4, -0.2) is 31.7 Å². The highest BCUT2D eigenvalue weighted by Crippen LogP contribution is 2.27. The predicted molar refractivity (Wildman–Crippen MR) is 67.8 cm³/mol. The summed E-state index contributed by atoms with van der Waals surface area (Å²) in [5.74, 6) is -0.329. The summed E-state index contributed by atoms with van der Waals surface area (Å²) in [6, 6.07) is 6.25. The summed E-state index contributed by atoms with van der Waals surface area (Å²) in [5, 5.41) is 2.99. The van der Waals surface area contributed by atoms with Gasteiger partial charge in [-0.25, -0.2) is 9.69 Å². The summed E-state index contributed by atoms with van der Waals surface area (Å²) < 4.78 is 5.11. The van der Waals surface area contributed by atoms with E-state index in [0.717, 1.165) is 4.90 Å². The molecular formula is C12H13ClN2O3. The Morgan fingerprint density at radius 3 is 2.78 bits per heavy atom. The molecule has 1 atom stereocenters. The number of urea groups is 1. The van der Waals surface area contributed by atoms with E-state index in [1.54, 1.807) is 24.3 Å². The zero-order valence-electron chi connectivity index (χ0n) is 9.85. The zero-order chi connectivity index (χ0) is 13.1. The molecule has 0 spiro atoms. The molecule has 1 aliphatic heterocycles. The van der Waals surface area contributed by atoms with Crippen molar-refractivity contribution in [3.05, 3.63) is 29.3 Å². The van der Waals surface area contributed by atoms with Gasteiger partial charge in [0.25, 0.3) is 0 Å². The van der Waals surface area contributed by atoms with E-state index in [2.05, 4.69) is 5.32 Å². The van der Waals surface area contributed by atoms with E-state index in [1.807, 2.05) is 0 Å². The largest absolute Gasteiger partial charge is 0.379 e. The number of methoxy groups -OCH3 is 1. The molecule has 3 amide bonds. The Morgan fingerprint density at radius 2 is 2.11 bits per heavy atom. The van der Waals surface area contributed by atoms with Crippen LogP contribution >= 0.6 is 11.6 Å². The molecule has 1 aromatic carbocycles. The van der Waals surface area contributed by atoms with Crippen molar-refractivity contribution in [2.75, 3.05) is 18.6 Å². The number of nitrogens with one attached hydrogen (secondary N) is 1. The number of anilines is 1. The topological polar surface area (TPSA) is 58.6 Å². The third-order valence-electron chi connectivity index (χ3n) is 2.76. The average molecular weight is 269 g/mol. The molecule has 0 radical (unpaired) electrons. The van der Waals surface area contributed by atoms with Gasteiger partial charge in [0.15, 0.2) is 0 Å². The van der Waals surface area contributed by atoms with E-state index in [1.165, 1.54) is 7.11 Å². The summed E-state index contributed by atoms with van der Waals surface area (Å²) in [5.41, 5.74) is 0.387. The number of carbonyl (C=O) groups is 2. The fourth-order valence-electron chi connectivity index (χ4n) is 1.80.